The van der Waals surface area contributed by atoms with Crippen LogP contribution in [0.4, 0.5) is 4.39 Å². The van der Waals surface area contributed by atoms with Crippen LogP contribution in [-0.2, 0) is 15.1 Å². The van der Waals surface area contributed by atoms with Crippen molar-refractivity contribution in [3.63, 3.8) is 0 Å². The maximum atomic E-state index is 12.7. The first kappa shape index (κ1) is 14.5. The Hall–Kier alpha value is -1.91. The number of hydrogen-bond donors (Lipinski definition) is 1. The first-order valence-corrected chi connectivity index (χ1v) is 6.79. The van der Waals surface area contributed by atoms with Crippen molar-refractivity contribution in [2.24, 2.45) is 0 Å². The van der Waals surface area contributed by atoms with Crippen LogP contribution in [0.25, 0.3) is 0 Å². The van der Waals surface area contributed by atoms with E-state index in [1.807, 2.05) is 25.1 Å². The molecule has 2 atom stereocenters. The molecule has 1 aromatic carbocycles. The molecule has 5 heteroatoms. The van der Waals surface area contributed by atoms with Gasteiger partial charge >= 0.3 is 0 Å². The molecule has 2 amide bonds. The van der Waals surface area contributed by atoms with E-state index in [9.17, 15) is 14.0 Å². The molecule has 0 saturated carbocycles. The summed E-state index contributed by atoms with van der Waals surface area (Å²) in [5, 5.41) is 2.80. The molecule has 4 nitrogen and oxygen atoms in total. The van der Waals surface area contributed by atoms with Gasteiger partial charge in [-0.05, 0) is 18.9 Å². The van der Waals surface area contributed by atoms with Crippen LogP contribution in [-0.4, -0.2) is 36.0 Å². The summed E-state index contributed by atoms with van der Waals surface area (Å²) in [4.78, 5) is 26.3. The number of alkyl halides is 1. The highest BCUT2D eigenvalue weighted by Gasteiger charge is 2.48. The maximum absolute atomic E-state index is 12.7. The van der Waals surface area contributed by atoms with Crippen LogP contribution in [0.3, 0.4) is 0 Å². The zero-order chi connectivity index (χ0) is 14.8. The molecule has 0 radical (unpaired) electrons. The summed E-state index contributed by atoms with van der Waals surface area (Å²) >= 11 is 0. The Kier molecular flexibility index (Phi) is 4.06. The van der Waals surface area contributed by atoms with E-state index in [0.29, 0.717) is 12.0 Å². The fourth-order valence-corrected chi connectivity index (χ4v) is 2.67. The number of hydrogen-bond acceptors (Lipinski definition) is 2. The van der Waals surface area contributed by atoms with E-state index in [1.165, 1.54) is 4.90 Å². The lowest BCUT2D eigenvalue weighted by atomic mass is 9.86. The number of nitrogens with one attached hydrogen (secondary N) is 1. The SMILES string of the molecule is CCC1C(=O)NC(C)(c2ccccc2)C(=O)N1CCF. The van der Waals surface area contributed by atoms with Crippen molar-refractivity contribution in [3.8, 4) is 0 Å². The molecule has 1 N–H and O–H groups in total. The number of amides is 2. The van der Waals surface area contributed by atoms with Gasteiger partial charge in [0.25, 0.3) is 5.91 Å². The van der Waals surface area contributed by atoms with Crippen molar-refractivity contribution in [3.05, 3.63) is 35.9 Å². The van der Waals surface area contributed by atoms with Gasteiger partial charge in [-0.2, -0.15) is 0 Å². The standard InChI is InChI=1S/C15H19FN2O2/c1-3-12-13(19)17-15(2,11-7-5-4-6-8-11)14(20)18(12)10-9-16/h4-8,12H,3,9-10H2,1-2H3,(H,17,19). The average Bonchev–Trinajstić information content (AvgIpc) is 2.46. The van der Waals surface area contributed by atoms with Gasteiger partial charge in [0, 0.05) is 6.54 Å². The van der Waals surface area contributed by atoms with Crippen molar-refractivity contribution in [1.29, 1.82) is 0 Å². The van der Waals surface area contributed by atoms with Crippen LogP contribution in [0.2, 0.25) is 0 Å². The molecule has 0 aliphatic carbocycles. The average molecular weight is 278 g/mol. The van der Waals surface area contributed by atoms with E-state index in [4.69, 9.17) is 0 Å². The van der Waals surface area contributed by atoms with Crippen LogP contribution < -0.4 is 5.32 Å². The summed E-state index contributed by atoms with van der Waals surface area (Å²) in [6.07, 6.45) is 0.475. The molecule has 108 valence electrons. The van der Waals surface area contributed by atoms with Crippen molar-refractivity contribution >= 4 is 11.8 Å². The molecular weight excluding hydrogens is 259 g/mol. The monoisotopic (exact) mass is 278 g/mol. The van der Waals surface area contributed by atoms with Gasteiger partial charge in [0.2, 0.25) is 5.91 Å². The molecule has 2 rings (SSSR count). The van der Waals surface area contributed by atoms with E-state index in [0.717, 1.165) is 0 Å². The van der Waals surface area contributed by atoms with Gasteiger partial charge in [-0.3, -0.25) is 9.59 Å². The highest BCUT2D eigenvalue weighted by atomic mass is 19.1. The predicted molar refractivity (Wildman–Crippen MR) is 73.7 cm³/mol. The molecule has 1 aliphatic heterocycles. The normalized spacial score (nSPS) is 26.6. The molecular formula is C15H19FN2O2. The topological polar surface area (TPSA) is 49.4 Å². The van der Waals surface area contributed by atoms with Gasteiger partial charge in [0.05, 0.1) is 0 Å². The summed E-state index contributed by atoms with van der Waals surface area (Å²) in [5.74, 6) is -0.486. The van der Waals surface area contributed by atoms with Gasteiger partial charge in [0.15, 0.2) is 0 Å². The van der Waals surface area contributed by atoms with Crippen molar-refractivity contribution in [2.75, 3.05) is 13.2 Å². The first-order chi connectivity index (χ1) is 9.54. The Labute approximate surface area is 118 Å². The Morgan fingerprint density at radius 3 is 2.50 bits per heavy atom. The van der Waals surface area contributed by atoms with E-state index in [2.05, 4.69) is 5.32 Å². The van der Waals surface area contributed by atoms with Crippen LogP contribution in [0, 0.1) is 0 Å². The molecule has 0 bridgehead atoms. The number of nitrogens with zero attached hydrogens (tertiary/aromatic N) is 1. The zero-order valence-electron chi connectivity index (χ0n) is 11.7. The second-order valence-electron chi connectivity index (χ2n) is 5.09. The van der Waals surface area contributed by atoms with Gasteiger partial charge in [-0.1, -0.05) is 37.3 Å². The summed E-state index contributed by atoms with van der Waals surface area (Å²) in [6.45, 7) is 2.78. The quantitative estimate of drug-likeness (QED) is 0.909. The third kappa shape index (κ3) is 2.28. The second-order valence-corrected chi connectivity index (χ2v) is 5.09. The van der Waals surface area contributed by atoms with Gasteiger partial charge < -0.3 is 10.2 Å². The highest BCUT2D eigenvalue weighted by molar-refractivity contribution is 6.00. The molecule has 1 saturated heterocycles. The number of benzene rings is 1. The number of halogens is 1. The minimum atomic E-state index is -1.13. The molecule has 1 aliphatic rings. The lowest BCUT2D eigenvalue weighted by Gasteiger charge is -2.44. The van der Waals surface area contributed by atoms with Gasteiger partial charge in [0.1, 0.15) is 18.3 Å². The van der Waals surface area contributed by atoms with Gasteiger partial charge in [-0.15, -0.1) is 0 Å². The van der Waals surface area contributed by atoms with Crippen molar-refractivity contribution < 1.29 is 14.0 Å². The van der Waals surface area contributed by atoms with Crippen LogP contribution in [0.5, 0.6) is 0 Å². The second kappa shape index (κ2) is 5.61. The smallest absolute Gasteiger partial charge is 0.253 e. The molecule has 0 spiro atoms. The van der Waals surface area contributed by atoms with Crippen LogP contribution in [0.1, 0.15) is 25.8 Å². The molecule has 20 heavy (non-hydrogen) atoms. The lowest BCUT2D eigenvalue weighted by Crippen LogP contribution is -2.67. The Bertz CT molecular complexity index is 506. The zero-order valence-corrected chi connectivity index (χ0v) is 11.7. The molecule has 1 aromatic rings. The molecule has 1 heterocycles. The van der Waals surface area contributed by atoms with E-state index < -0.39 is 18.3 Å². The summed E-state index contributed by atoms with van der Waals surface area (Å²) < 4.78 is 12.7. The number of rotatable bonds is 4. The Balaban J connectivity index is 2.41. The van der Waals surface area contributed by atoms with Crippen LogP contribution in [0.15, 0.2) is 30.3 Å². The molecule has 2 unspecified atom stereocenters. The Morgan fingerprint density at radius 2 is 1.95 bits per heavy atom. The number of piperazine rings is 1. The fourth-order valence-electron chi connectivity index (χ4n) is 2.67. The number of carbonyl (C=O) groups excluding carboxylic acids is 2. The minimum absolute atomic E-state index is 0.0484. The highest BCUT2D eigenvalue weighted by Crippen LogP contribution is 2.29. The van der Waals surface area contributed by atoms with E-state index in [-0.39, 0.29) is 18.4 Å². The summed E-state index contributed by atoms with van der Waals surface area (Å²) in [7, 11) is 0. The largest absolute Gasteiger partial charge is 0.336 e. The van der Waals surface area contributed by atoms with Gasteiger partial charge in [-0.25, -0.2) is 4.39 Å². The third-order valence-corrected chi connectivity index (χ3v) is 3.80. The summed E-state index contributed by atoms with van der Waals surface area (Å²) in [5.41, 5.74) is -0.420. The minimum Gasteiger partial charge on any atom is -0.336 e. The fraction of sp³-hybridized carbons (Fsp3) is 0.467. The van der Waals surface area contributed by atoms with Crippen molar-refractivity contribution in [2.45, 2.75) is 31.8 Å². The van der Waals surface area contributed by atoms with Crippen molar-refractivity contribution in [1.82, 2.24) is 10.2 Å². The first-order valence-electron chi connectivity index (χ1n) is 6.79. The lowest BCUT2D eigenvalue weighted by molar-refractivity contribution is -0.155. The maximum Gasteiger partial charge on any atom is 0.253 e. The summed E-state index contributed by atoms with van der Waals surface area (Å²) in [6, 6.07) is 8.46. The molecule has 1 fully saturated rings. The van der Waals surface area contributed by atoms with E-state index in [1.54, 1.807) is 19.1 Å². The van der Waals surface area contributed by atoms with Crippen LogP contribution >= 0.6 is 0 Å². The third-order valence-electron chi connectivity index (χ3n) is 3.80. The Morgan fingerprint density at radius 1 is 1.30 bits per heavy atom. The predicted octanol–water partition coefficient (Wildman–Crippen LogP) is 1.61. The van der Waals surface area contributed by atoms with E-state index >= 15 is 0 Å². The number of carbonyl (C=O) groups is 2. The molecule has 0 aromatic heterocycles.